The number of aromatic nitrogens is 1. The van der Waals surface area contributed by atoms with Gasteiger partial charge in [-0.05, 0) is 42.8 Å². The number of rotatable bonds is 6. The molecule has 1 aromatic heterocycles. The third kappa shape index (κ3) is 3.36. The summed E-state index contributed by atoms with van der Waals surface area (Å²) in [5.41, 5.74) is 2.61. The molecule has 2 aromatic rings. The summed E-state index contributed by atoms with van der Waals surface area (Å²) in [4.78, 5) is 0. The van der Waals surface area contributed by atoms with Crippen LogP contribution in [0.4, 0.5) is 0 Å². The van der Waals surface area contributed by atoms with Crippen LogP contribution in [0.2, 0.25) is 0 Å². The largest absolute Gasteiger partial charge is 0.380 e. The maximum Gasteiger partial charge on any atom is 0.0645 e. The third-order valence-corrected chi connectivity index (χ3v) is 3.24. The number of ether oxygens (including phenoxy) is 1. The second-order valence-corrected chi connectivity index (χ2v) is 5.37. The van der Waals surface area contributed by atoms with Gasteiger partial charge in [0.2, 0.25) is 0 Å². The molecule has 0 N–H and O–H groups in total. The maximum atomic E-state index is 5.67. The van der Waals surface area contributed by atoms with E-state index in [0.717, 1.165) is 32.1 Å². The number of hydrogen-bond acceptors (Lipinski definition) is 1. The molecule has 2 nitrogen and oxygen atoms in total. The van der Waals surface area contributed by atoms with E-state index in [4.69, 9.17) is 4.74 Å². The number of hydrogen-bond donors (Lipinski definition) is 0. The van der Waals surface area contributed by atoms with Crippen LogP contribution in [0.25, 0.3) is 10.9 Å². The highest BCUT2D eigenvalue weighted by molar-refractivity contribution is 5.80. The van der Waals surface area contributed by atoms with Gasteiger partial charge < -0.3 is 9.30 Å². The molecule has 0 aliphatic carbocycles. The van der Waals surface area contributed by atoms with E-state index in [1.54, 1.807) is 0 Å². The molecule has 0 atom stereocenters. The molecule has 0 fully saturated rings. The highest BCUT2D eigenvalue weighted by Gasteiger charge is 2.01. The van der Waals surface area contributed by atoms with Crippen molar-refractivity contribution in [1.29, 1.82) is 0 Å². The monoisotopic (exact) mass is 245 g/mol. The van der Waals surface area contributed by atoms with E-state index in [-0.39, 0.29) is 0 Å². The average Bonchev–Trinajstić information content (AvgIpc) is 2.70. The zero-order valence-electron chi connectivity index (χ0n) is 11.6. The molecule has 2 heteroatoms. The molecule has 1 heterocycles. The van der Waals surface area contributed by atoms with Crippen LogP contribution in [-0.4, -0.2) is 17.8 Å². The molecule has 0 aliphatic heterocycles. The molecule has 18 heavy (non-hydrogen) atoms. The molecular weight excluding hydrogens is 222 g/mol. The van der Waals surface area contributed by atoms with Gasteiger partial charge in [-0.1, -0.05) is 25.5 Å². The predicted molar refractivity (Wildman–Crippen MR) is 76.9 cm³/mol. The number of aryl methyl sites for hydroxylation is 1. The van der Waals surface area contributed by atoms with Crippen molar-refractivity contribution in [2.45, 2.75) is 33.7 Å². The predicted octanol–water partition coefficient (Wildman–Crippen LogP) is 4.01. The second kappa shape index (κ2) is 6.05. The first-order valence-electron chi connectivity index (χ1n) is 6.80. The van der Waals surface area contributed by atoms with Gasteiger partial charge in [-0.3, -0.25) is 0 Å². The maximum absolute atomic E-state index is 5.67. The van der Waals surface area contributed by atoms with Crippen molar-refractivity contribution in [2.24, 2.45) is 5.92 Å². The number of fused-ring (bicyclic) bond motifs is 1. The van der Waals surface area contributed by atoms with Gasteiger partial charge in [0.1, 0.15) is 0 Å². The lowest BCUT2D eigenvalue weighted by atomic mass is 10.1. The lowest BCUT2D eigenvalue weighted by molar-refractivity contribution is 0.117. The van der Waals surface area contributed by atoms with Gasteiger partial charge in [0.05, 0.1) is 6.61 Å². The Morgan fingerprint density at radius 3 is 2.78 bits per heavy atom. The van der Waals surface area contributed by atoms with Crippen LogP contribution in [0.1, 0.15) is 25.8 Å². The first kappa shape index (κ1) is 13.2. The van der Waals surface area contributed by atoms with Gasteiger partial charge in [-0.15, -0.1) is 0 Å². The van der Waals surface area contributed by atoms with Crippen molar-refractivity contribution >= 4 is 10.9 Å². The summed E-state index contributed by atoms with van der Waals surface area (Å²) in [6, 6.07) is 8.76. The van der Waals surface area contributed by atoms with Gasteiger partial charge in [-0.25, -0.2) is 0 Å². The lowest BCUT2D eigenvalue weighted by Gasteiger charge is -2.08. The van der Waals surface area contributed by atoms with Crippen LogP contribution in [0.3, 0.4) is 0 Å². The Labute approximate surface area is 110 Å². The summed E-state index contributed by atoms with van der Waals surface area (Å²) in [6.45, 7) is 9.19. The Balaban J connectivity index is 1.88. The molecule has 2 rings (SSSR count). The van der Waals surface area contributed by atoms with Gasteiger partial charge in [0, 0.05) is 24.9 Å². The smallest absolute Gasteiger partial charge is 0.0645 e. The molecule has 0 aliphatic rings. The Hall–Kier alpha value is -1.28. The fraction of sp³-hybridized carbons (Fsp3) is 0.500. The SMILES string of the molecule is Cc1ccc2c(ccn2CCOCCC(C)C)c1. The van der Waals surface area contributed by atoms with E-state index in [2.05, 4.69) is 55.8 Å². The van der Waals surface area contributed by atoms with E-state index in [1.165, 1.54) is 16.5 Å². The van der Waals surface area contributed by atoms with Crippen molar-refractivity contribution in [3.63, 3.8) is 0 Å². The normalized spacial score (nSPS) is 11.6. The molecule has 0 saturated heterocycles. The minimum atomic E-state index is 0.723. The number of nitrogens with zero attached hydrogens (tertiary/aromatic N) is 1. The highest BCUT2D eigenvalue weighted by Crippen LogP contribution is 2.17. The van der Waals surface area contributed by atoms with E-state index in [0.29, 0.717) is 0 Å². The van der Waals surface area contributed by atoms with Crippen LogP contribution in [0.15, 0.2) is 30.5 Å². The molecule has 0 amide bonds. The molecule has 1 aromatic carbocycles. The minimum absolute atomic E-state index is 0.723. The first-order valence-corrected chi connectivity index (χ1v) is 6.80. The van der Waals surface area contributed by atoms with Crippen molar-refractivity contribution in [3.05, 3.63) is 36.0 Å². The van der Waals surface area contributed by atoms with Crippen LogP contribution in [0, 0.1) is 12.8 Å². The summed E-state index contributed by atoms with van der Waals surface area (Å²) >= 11 is 0. The number of benzene rings is 1. The Bertz CT molecular complexity index is 499. The Morgan fingerprint density at radius 1 is 1.17 bits per heavy atom. The van der Waals surface area contributed by atoms with Gasteiger partial charge in [0.25, 0.3) is 0 Å². The molecular formula is C16H23NO. The summed E-state index contributed by atoms with van der Waals surface area (Å²) in [7, 11) is 0. The van der Waals surface area contributed by atoms with Crippen molar-refractivity contribution in [3.8, 4) is 0 Å². The Kier molecular flexibility index (Phi) is 4.43. The summed E-state index contributed by atoms with van der Waals surface area (Å²) in [5, 5.41) is 1.32. The quantitative estimate of drug-likeness (QED) is 0.701. The van der Waals surface area contributed by atoms with Crippen LogP contribution < -0.4 is 0 Å². The van der Waals surface area contributed by atoms with Crippen molar-refractivity contribution < 1.29 is 4.74 Å². The second-order valence-electron chi connectivity index (χ2n) is 5.37. The molecule has 0 unspecified atom stereocenters. The zero-order valence-corrected chi connectivity index (χ0v) is 11.6. The van der Waals surface area contributed by atoms with E-state index in [9.17, 15) is 0 Å². The van der Waals surface area contributed by atoms with Crippen molar-refractivity contribution in [1.82, 2.24) is 4.57 Å². The minimum Gasteiger partial charge on any atom is -0.380 e. The van der Waals surface area contributed by atoms with Gasteiger partial charge in [0.15, 0.2) is 0 Å². The Morgan fingerprint density at radius 2 is 2.00 bits per heavy atom. The molecule has 0 spiro atoms. The summed E-state index contributed by atoms with van der Waals surface area (Å²) < 4.78 is 7.94. The van der Waals surface area contributed by atoms with Crippen LogP contribution >= 0.6 is 0 Å². The van der Waals surface area contributed by atoms with Gasteiger partial charge >= 0.3 is 0 Å². The first-order chi connectivity index (χ1) is 8.66. The fourth-order valence-electron chi connectivity index (χ4n) is 2.10. The molecule has 0 radical (unpaired) electrons. The standard InChI is InChI=1S/C16H23NO/c1-13(2)7-10-18-11-9-17-8-6-15-12-14(3)4-5-16(15)17/h4-6,8,12-13H,7,9-11H2,1-3H3. The zero-order chi connectivity index (χ0) is 13.0. The third-order valence-electron chi connectivity index (χ3n) is 3.24. The van der Waals surface area contributed by atoms with E-state index < -0.39 is 0 Å². The highest BCUT2D eigenvalue weighted by atomic mass is 16.5. The van der Waals surface area contributed by atoms with Crippen LogP contribution in [-0.2, 0) is 11.3 Å². The molecule has 0 bridgehead atoms. The van der Waals surface area contributed by atoms with E-state index in [1.807, 2.05) is 0 Å². The lowest BCUT2D eigenvalue weighted by Crippen LogP contribution is -2.07. The molecule has 0 saturated carbocycles. The van der Waals surface area contributed by atoms with Gasteiger partial charge in [-0.2, -0.15) is 0 Å². The average molecular weight is 245 g/mol. The van der Waals surface area contributed by atoms with Crippen molar-refractivity contribution in [2.75, 3.05) is 13.2 Å². The van der Waals surface area contributed by atoms with Crippen LogP contribution in [0.5, 0.6) is 0 Å². The fourth-order valence-corrected chi connectivity index (χ4v) is 2.10. The summed E-state index contributed by atoms with van der Waals surface area (Å²) in [6.07, 6.45) is 3.29. The topological polar surface area (TPSA) is 14.2 Å². The summed E-state index contributed by atoms with van der Waals surface area (Å²) in [5.74, 6) is 0.723. The molecule has 98 valence electrons. The van der Waals surface area contributed by atoms with E-state index >= 15 is 0 Å².